The van der Waals surface area contributed by atoms with Crippen LogP contribution in [0.25, 0.3) is 0 Å². The molecule has 0 bridgehead atoms. The molecule has 0 spiro atoms. The first-order valence-corrected chi connectivity index (χ1v) is 7.28. The number of nitrogens with two attached hydrogens (primary N) is 1. The molecule has 3 N–H and O–H groups in total. The summed E-state index contributed by atoms with van der Waals surface area (Å²) in [6.45, 7) is 1.74. The van der Waals surface area contributed by atoms with Gasteiger partial charge in [0.05, 0.1) is 6.04 Å². The zero-order valence-electron chi connectivity index (χ0n) is 10.3. The van der Waals surface area contributed by atoms with Gasteiger partial charge in [-0.25, -0.2) is 9.82 Å². The highest BCUT2D eigenvalue weighted by Gasteiger charge is 2.14. The largest absolute Gasteiger partial charge is 0.271 e. The lowest BCUT2D eigenvalue weighted by atomic mass is 9.98. The number of rotatable bonds is 3. The van der Waals surface area contributed by atoms with Crippen LogP contribution in [0.3, 0.4) is 0 Å². The summed E-state index contributed by atoms with van der Waals surface area (Å²) in [6.07, 6.45) is 0. The first-order valence-electron chi connectivity index (χ1n) is 5.69. The highest BCUT2D eigenvalue weighted by atomic mass is 79.9. The highest BCUT2D eigenvalue weighted by molar-refractivity contribution is 9.11. The number of hydrogen-bond donors (Lipinski definition) is 2. The molecule has 1 unspecified atom stereocenters. The molecule has 0 saturated carbocycles. The van der Waals surface area contributed by atoms with E-state index >= 15 is 0 Å². The summed E-state index contributed by atoms with van der Waals surface area (Å²) in [5, 5.41) is 0. The monoisotopic (exact) mass is 386 g/mol. The van der Waals surface area contributed by atoms with Crippen molar-refractivity contribution in [3.63, 3.8) is 0 Å². The molecule has 1 atom stereocenters. The minimum Gasteiger partial charge on any atom is -0.271 e. The van der Waals surface area contributed by atoms with Crippen molar-refractivity contribution >= 4 is 31.9 Å². The summed E-state index contributed by atoms with van der Waals surface area (Å²) in [5.74, 6) is 5.44. The Labute approximate surface area is 128 Å². The van der Waals surface area contributed by atoms with Crippen LogP contribution in [0.1, 0.15) is 22.7 Å². The van der Waals surface area contributed by atoms with Crippen LogP contribution in [0.2, 0.25) is 0 Å². The third-order valence-corrected chi connectivity index (χ3v) is 3.82. The Morgan fingerprint density at radius 1 is 1.05 bits per heavy atom. The maximum absolute atomic E-state index is 13.3. The minimum absolute atomic E-state index is 0.187. The molecule has 0 heterocycles. The molecule has 2 aromatic carbocycles. The molecule has 0 amide bonds. The van der Waals surface area contributed by atoms with Gasteiger partial charge in [0.25, 0.3) is 0 Å². The van der Waals surface area contributed by atoms with Gasteiger partial charge in [0.2, 0.25) is 0 Å². The van der Waals surface area contributed by atoms with E-state index in [4.69, 9.17) is 5.84 Å². The Hall–Kier alpha value is -0.750. The second kappa shape index (κ2) is 6.13. The van der Waals surface area contributed by atoms with Crippen LogP contribution in [0.4, 0.5) is 4.39 Å². The smallest absolute Gasteiger partial charge is 0.126 e. The number of aryl methyl sites for hydroxylation is 1. The van der Waals surface area contributed by atoms with Crippen molar-refractivity contribution in [1.29, 1.82) is 0 Å². The second-order valence-electron chi connectivity index (χ2n) is 4.31. The first kappa shape index (κ1) is 14.7. The Morgan fingerprint density at radius 3 is 2.21 bits per heavy atom. The Kier molecular flexibility index (Phi) is 4.73. The fourth-order valence-corrected chi connectivity index (χ4v) is 3.30. The van der Waals surface area contributed by atoms with Crippen molar-refractivity contribution in [2.24, 2.45) is 5.84 Å². The van der Waals surface area contributed by atoms with E-state index in [9.17, 15) is 4.39 Å². The van der Waals surface area contributed by atoms with Crippen molar-refractivity contribution in [2.45, 2.75) is 13.0 Å². The van der Waals surface area contributed by atoms with Gasteiger partial charge in [-0.2, -0.15) is 0 Å². The molecule has 0 fully saturated rings. The maximum Gasteiger partial charge on any atom is 0.126 e. The molecule has 2 aromatic rings. The predicted molar refractivity (Wildman–Crippen MR) is 82.1 cm³/mol. The molecule has 0 aromatic heterocycles. The van der Waals surface area contributed by atoms with Gasteiger partial charge in [0, 0.05) is 8.95 Å². The maximum atomic E-state index is 13.3. The number of nitrogens with one attached hydrogen (secondary N) is 1. The van der Waals surface area contributed by atoms with E-state index in [1.807, 2.05) is 18.2 Å². The van der Waals surface area contributed by atoms with Gasteiger partial charge in [-0.05, 0) is 47.9 Å². The first-order chi connectivity index (χ1) is 9.01. The third-order valence-electron chi connectivity index (χ3n) is 2.90. The van der Waals surface area contributed by atoms with Gasteiger partial charge < -0.3 is 0 Å². The van der Waals surface area contributed by atoms with Gasteiger partial charge in [0.1, 0.15) is 5.82 Å². The van der Waals surface area contributed by atoms with Crippen LogP contribution in [-0.2, 0) is 0 Å². The van der Waals surface area contributed by atoms with Crippen molar-refractivity contribution < 1.29 is 4.39 Å². The number of halogens is 3. The lowest BCUT2D eigenvalue weighted by Crippen LogP contribution is -2.29. The zero-order chi connectivity index (χ0) is 14.0. The van der Waals surface area contributed by atoms with E-state index < -0.39 is 0 Å². The highest BCUT2D eigenvalue weighted by Crippen LogP contribution is 2.28. The molecule has 2 nitrogen and oxygen atoms in total. The van der Waals surface area contributed by atoms with E-state index in [2.05, 4.69) is 37.3 Å². The number of hydrazine groups is 1. The Bertz CT molecular complexity index is 582. The van der Waals surface area contributed by atoms with E-state index in [0.29, 0.717) is 5.56 Å². The van der Waals surface area contributed by atoms with E-state index in [1.54, 1.807) is 19.1 Å². The van der Waals surface area contributed by atoms with Crippen molar-refractivity contribution in [3.8, 4) is 0 Å². The normalized spacial score (nSPS) is 12.5. The molecular weight excluding hydrogens is 375 g/mol. The average molecular weight is 388 g/mol. The summed E-state index contributed by atoms with van der Waals surface area (Å²) in [7, 11) is 0. The van der Waals surface area contributed by atoms with E-state index in [-0.39, 0.29) is 11.9 Å². The fraction of sp³-hybridized carbons (Fsp3) is 0.143. The third kappa shape index (κ3) is 3.42. The predicted octanol–water partition coefficient (Wildman–Crippen LogP) is 4.21. The molecule has 5 heteroatoms. The number of benzene rings is 2. The lowest BCUT2D eigenvalue weighted by Gasteiger charge is -2.18. The van der Waals surface area contributed by atoms with E-state index in [1.165, 1.54) is 6.07 Å². The minimum atomic E-state index is -0.213. The number of hydrogen-bond acceptors (Lipinski definition) is 2. The summed E-state index contributed by atoms with van der Waals surface area (Å²) in [6, 6.07) is 10.7. The fourth-order valence-electron chi connectivity index (χ4n) is 1.97. The lowest BCUT2D eigenvalue weighted by molar-refractivity contribution is 0.607. The van der Waals surface area contributed by atoms with Crippen molar-refractivity contribution in [1.82, 2.24) is 5.43 Å². The van der Waals surface area contributed by atoms with Crippen LogP contribution in [0.15, 0.2) is 45.3 Å². The van der Waals surface area contributed by atoms with Gasteiger partial charge in [-0.15, -0.1) is 0 Å². The Morgan fingerprint density at radius 2 is 1.68 bits per heavy atom. The van der Waals surface area contributed by atoms with Crippen molar-refractivity contribution in [3.05, 3.63) is 67.9 Å². The molecule has 0 aliphatic heterocycles. The molecule has 19 heavy (non-hydrogen) atoms. The van der Waals surface area contributed by atoms with Gasteiger partial charge in [0.15, 0.2) is 0 Å². The molecule has 0 saturated heterocycles. The zero-order valence-corrected chi connectivity index (χ0v) is 13.4. The Balaban J connectivity index is 2.46. The van der Waals surface area contributed by atoms with Gasteiger partial charge in [-0.3, -0.25) is 5.84 Å². The summed E-state index contributed by atoms with van der Waals surface area (Å²) < 4.78 is 15.2. The van der Waals surface area contributed by atoms with Crippen LogP contribution >= 0.6 is 31.9 Å². The quantitative estimate of drug-likeness (QED) is 0.611. The van der Waals surface area contributed by atoms with Crippen LogP contribution in [-0.4, -0.2) is 0 Å². The summed E-state index contributed by atoms with van der Waals surface area (Å²) in [4.78, 5) is 0. The van der Waals surface area contributed by atoms with Gasteiger partial charge >= 0.3 is 0 Å². The summed E-state index contributed by atoms with van der Waals surface area (Å²) in [5.41, 5.74) is 5.29. The molecule has 0 aliphatic carbocycles. The molecular formula is C14H13Br2FN2. The van der Waals surface area contributed by atoms with Crippen LogP contribution < -0.4 is 11.3 Å². The SMILES string of the molecule is Cc1cc(C(NN)c2cc(Br)cc(Br)c2)ccc1F. The van der Waals surface area contributed by atoms with Crippen molar-refractivity contribution in [2.75, 3.05) is 0 Å². The molecule has 0 aliphatic rings. The summed E-state index contributed by atoms with van der Waals surface area (Å²) >= 11 is 6.90. The van der Waals surface area contributed by atoms with E-state index in [0.717, 1.165) is 20.1 Å². The standard InChI is InChI=1S/C14H13Br2FN2/c1-8-4-9(2-3-13(8)17)14(19-18)10-5-11(15)7-12(16)6-10/h2-7,14,19H,18H2,1H3. The van der Waals surface area contributed by atoms with Crippen LogP contribution in [0.5, 0.6) is 0 Å². The van der Waals surface area contributed by atoms with Gasteiger partial charge in [-0.1, -0.05) is 44.0 Å². The average Bonchev–Trinajstić information content (AvgIpc) is 2.33. The molecule has 0 radical (unpaired) electrons. The molecule has 100 valence electrons. The second-order valence-corrected chi connectivity index (χ2v) is 6.14. The van der Waals surface area contributed by atoms with Crippen LogP contribution in [0, 0.1) is 12.7 Å². The topological polar surface area (TPSA) is 38.0 Å². The molecule has 2 rings (SSSR count).